The lowest BCUT2D eigenvalue weighted by molar-refractivity contribution is 0.0606. The van der Waals surface area contributed by atoms with Crippen LogP contribution in [0.25, 0.3) is 10.1 Å². The molecule has 148 valence electrons. The molecule has 0 unspecified atom stereocenters. The van der Waals surface area contributed by atoms with Crippen LogP contribution in [-0.4, -0.2) is 34.5 Å². The Bertz CT molecular complexity index is 1010. The molecule has 0 fully saturated rings. The number of nitrogens with one attached hydrogen (secondary N) is 2. The summed E-state index contributed by atoms with van der Waals surface area (Å²) in [5.74, 6) is -0.433. The van der Waals surface area contributed by atoms with Crippen LogP contribution in [0.5, 0.6) is 0 Å². The van der Waals surface area contributed by atoms with E-state index in [1.54, 1.807) is 0 Å². The van der Waals surface area contributed by atoms with Crippen molar-refractivity contribution in [1.82, 2.24) is 15.1 Å². The van der Waals surface area contributed by atoms with Gasteiger partial charge in [-0.1, -0.05) is 11.6 Å². The second kappa shape index (κ2) is 9.21. The van der Waals surface area contributed by atoms with Crippen LogP contribution in [0, 0.1) is 6.92 Å². The van der Waals surface area contributed by atoms with Gasteiger partial charge in [-0.15, -0.1) is 11.3 Å². The third-order valence-electron chi connectivity index (χ3n) is 3.99. The maximum Gasteiger partial charge on any atom is 0.349 e. The fourth-order valence-electron chi connectivity index (χ4n) is 2.59. The van der Waals surface area contributed by atoms with Crippen LogP contribution < -0.4 is 10.6 Å². The Balaban J connectivity index is 1.54. The number of fused-ring (bicyclic) bond motifs is 1. The molecular formula is C18H18BrClN4O2S2. The average molecular weight is 502 g/mol. The van der Waals surface area contributed by atoms with Crippen LogP contribution in [0.3, 0.4) is 0 Å². The molecule has 0 aliphatic heterocycles. The first kappa shape index (κ1) is 21.0. The van der Waals surface area contributed by atoms with Crippen molar-refractivity contribution in [3.8, 4) is 0 Å². The number of esters is 1. The van der Waals surface area contributed by atoms with Gasteiger partial charge in [0.1, 0.15) is 4.88 Å². The second-order valence-corrected chi connectivity index (χ2v) is 8.70. The van der Waals surface area contributed by atoms with Crippen molar-refractivity contribution in [2.45, 2.75) is 19.9 Å². The summed E-state index contributed by atoms with van der Waals surface area (Å²) in [5, 5.41) is 12.5. The molecule has 3 aromatic rings. The first-order chi connectivity index (χ1) is 13.4. The number of carbonyl (C=O) groups excluding carboxylic acids is 1. The number of thiocarbonyl (C=S) groups is 1. The molecule has 0 saturated heterocycles. The molecule has 2 N–H and O–H groups in total. The van der Waals surface area contributed by atoms with Gasteiger partial charge in [-0.25, -0.2) is 4.79 Å². The van der Waals surface area contributed by atoms with Gasteiger partial charge in [0.25, 0.3) is 0 Å². The van der Waals surface area contributed by atoms with E-state index in [0.717, 1.165) is 45.5 Å². The lowest BCUT2D eigenvalue weighted by atomic mass is 10.2. The molecule has 0 aliphatic rings. The summed E-state index contributed by atoms with van der Waals surface area (Å²) in [6, 6.07) is 5.65. The second-order valence-electron chi connectivity index (χ2n) is 6.01. The molecular weight excluding hydrogens is 484 g/mol. The molecule has 0 aliphatic carbocycles. The zero-order valence-electron chi connectivity index (χ0n) is 15.2. The predicted molar refractivity (Wildman–Crippen MR) is 122 cm³/mol. The van der Waals surface area contributed by atoms with E-state index in [-0.39, 0.29) is 0 Å². The number of ether oxygens (including phenoxy) is 1. The monoisotopic (exact) mass is 500 g/mol. The molecule has 2 aromatic heterocycles. The van der Waals surface area contributed by atoms with E-state index in [0.29, 0.717) is 15.0 Å². The van der Waals surface area contributed by atoms with Gasteiger partial charge >= 0.3 is 5.97 Å². The Hall–Kier alpha value is -1.68. The first-order valence-corrected chi connectivity index (χ1v) is 10.8. The van der Waals surface area contributed by atoms with Crippen molar-refractivity contribution in [3.63, 3.8) is 0 Å². The number of thiophene rings is 1. The highest BCUT2D eigenvalue weighted by atomic mass is 79.9. The summed E-state index contributed by atoms with van der Waals surface area (Å²) in [6.45, 7) is 3.49. The molecule has 0 bridgehead atoms. The highest BCUT2D eigenvalue weighted by molar-refractivity contribution is 9.10. The molecule has 0 spiro atoms. The summed E-state index contributed by atoms with van der Waals surface area (Å²) < 4.78 is 8.57. The first-order valence-electron chi connectivity index (χ1n) is 8.44. The normalized spacial score (nSPS) is 10.9. The molecule has 0 atom stereocenters. The van der Waals surface area contributed by atoms with Crippen LogP contribution in [0.4, 0.5) is 5.69 Å². The number of nitrogens with zero attached hydrogens (tertiary/aromatic N) is 2. The summed E-state index contributed by atoms with van der Waals surface area (Å²) in [7, 11) is 1.34. The number of benzene rings is 1. The third kappa shape index (κ3) is 4.83. The number of aryl methyl sites for hydroxylation is 2. The van der Waals surface area contributed by atoms with Crippen molar-refractivity contribution in [2.75, 3.05) is 19.0 Å². The van der Waals surface area contributed by atoms with E-state index in [4.69, 9.17) is 28.6 Å². The number of anilines is 1. The molecule has 2 heterocycles. The lowest BCUT2D eigenvalue weighted by Gasteiger charge is -2.10. The van der Waals surface area contributed by atoms with E-state index >= 15 is 0 Å². The maximum atomic E-state index is 11.8. The van der Waals surface area contributed by atoms with E-state index in [9.17, 15) is 4.79 Å². The van der Waals surface area contributed by atoms with Gasteiger partial charge in [-0.2, -0.15) is 5.10 Å². The Labute approximate surface area is 185 Å². The number of aromatic nitrogens is 2. The van der Waals surface area contributed by atoms with Gasteiger partial charge in [-0.3, -0.25) is 4.68 Å². The molecule has 0 radical (unpaired) electrons. The Morgan fingerprint density at radius 3 is 2.93 bits per heavy atom. The molecule has 0 saturated carbocycles. The molecule has 1 aromatic carbocycles. The average Bonchev–Trinajstić information content (AvgIpc) is 3.17. The van der Waals surface area contributed by atoms with E-state index < -0.39 is 5.97 Å². The quantitative estimate of drug-likeness (QED) is 0.282. The summed E-state index contributed by atoms with van der Waals surface area (Å²) >= 11 is 16.4. The highest BCUT2D eigenvalue weighted by Gasteiger charge is 2.17. The highest BCUT2D eigenvalue weighted by Crippen LogP contribution is 2.37. The minimum atomic E-state index is -0.433. The predicted octanol–water partition coefficient (Wildman–Crippen LogP) is 4.99. The molecule has 28 heavy (non-hydrogen) atoms. The number of rotatable bonds is 6. The largest absolute Gasteiger partial charge is 0.465 e. The lowest BCUT2D eigenvalue weighted by Crippen LogP contribution is -2.29. The molecule has 10 heteroatoms. The van der Waals surface area contributed by atoms with Crippen molar-refractivity contribution >= 4 is 77.9 Å². The van der Waals surface area contributed by atoms with Crippen molar-refractivity contribution in [1.29, 1.82) is 0 Å². The summed E-state index contributed by atoms with van der Waals surface area (Å²) in [5.41, 5.74) is 1.80. The Kier molecular flexibility index (Phi) is 6.92. The van der Waals surface area contributed by atoms with Crippen molar-refractivity contribution < 1.29 is 9.53 Å². The molecule has 6 nitrogen and oxygen atoms in total. The zero-order valence-corrected chi connectivity index (χ0v) is 19.2. The minimum Gasteiger partial charge on any atom is -0.465 e. The molecule has 0 amide bonds. The number of halogens is 2. The third-order valence-corrected chi connectivity index (χ3v) is 6.66. The summed E-state index contributed by atoms with van der Waals surface area (Å²) in [4.78, 5) is 12.2. The Morgan fingerprint density at radius 2 is 2.25 bits per heavy atom. The van der Waals surface area contributed by atoms with Crippen LogP contribution in [-0.2, 0) is 11.3 Å². The van der Waals surface area contributed by atoms with Gasteiger partial charge < -0.3 is 15.4 Å². The number of hydrogen-bond acceptors (Lipinski definition) is 5. The minimum absolute atomic E-state index is 0.400. The molecule has 3 rings (SSSR count). The standard InChI is InChI=1S/C18H18BrClN4O2S2/c1-10-13(19)9-24(23-10)7-3-6-21-18(27)22-11-4-5-12-14(8-11)28-16(15(12)20)17(25)26-2/h4-5,8-9H,3,6-7H2,1-2H3,(H2,21,22,27). The SMILES string of the molecule is COC(=O)c1sc2cc(NC(=S)NCCCn3cc(Br)c(C)n3)ccc2c1Cl. The van der Waals surface area contributed by atoms with Crippen molar-refractivity contribution in [2.24, 2.45) is 0 Å². The van der Waals surface area contributed by atoms with Gasteiger partial charge in [0.15, 0.2) is 5.11 Å². The van der Waals surface area contributed by atoms with E-state index in [1.807, 2.05) is 36.0 Å². The van der Waals surface area contributed by atoms with Crippen LogP contribution in [0.1, 0.15) is 21.8 Å². The Morgan fingerprint density at radius 1 is 1.46 bits per heavy atom. The smallest absolute Gasteiger partial charge is 0.349 e. The van der Waals surface area contributed by atoms with E-state index in [1.165, 1.54) is 18.4 Å². The number of methoxy groups -OCH3 is 1. The number of carbonyl (C=O) groups is 1. The van der Waals surface area contributed by atoms with Crippen LogP contribution >= 0.6 is 51.1 Å². The van der Waals surface area contributed by atoms with Crippen molar-refractivity contribution in [3.05, 3.63) is 44.5 Å². The maximum absolute atomic E-state index is 11.8. The number of hydrogen-bond donors (Lipinski definition) is 2. The van der Waals surface area contributed by atoms with Gasteiger partial charge in [-0.05, 0) is 59.7 Å². The van der Waals surface area contributed by atoms with Crippen LogP contribution in [0.2, 0.25) is 5.02 Å². The fraction of sp³-hybridized carbons (Fsp3) is 0.278. The topological polar surface area (TPSA) is 68.2 Å². The van der Waals surface area contributed by atoms with Gasteiger partial charge in [0.05, 0.1) is 22.3 Å². The zero-order chi connectivity index (χ0) is 20.3. The van der Waals surface area contributed by atoms with Gasteiger partial charge in [0, 0.05) is 35.1 Å². The van der Waals surface area contributed by atoms with Crippen LogP contribution in [0.15, 0.2) is 28.9 Å². The van der Waals surface area contributed by atoms with Gasteiger partial charge in [0.2, 0.25) is 0 Å². The summed E-state index contributed by atoms with van der Waals surface area (Å²) in [6.07, 6.45) is 2.85. The van der Waals surface area contributed by atoms with E-state index in [2.05, 4.69) is 31.7 Å². The fourth-order valence-corrected chi connectivity index (χ4v) is 4.59.